The molecule has 0 aliphatic heterocycles. The highest BCUT2D eigenvalue weighted by atomic mass is 35.5. The van der Waals surface area contributed by atoms with Crippen molar-refractivity contribution in [1.29, 1.82) is 0 Å². The number of benzene rings is 2. The molecule has 0 aliphatic rings. The fraction of sp³-hybridized carbons (Fsp3) is 0.211. The molecule has 0 unspecified atom stereocenters. The Morgan fingerprint density at radius 3 is 2.07 bits per heavy atom. The van der Waals surface area contributed by atoms with Crippen LogP contribution in [0.1, 0.15) is 29.3 Å². The predicted octanol–water partition coefficient (Wildman–Crippen LogP) is 4.86. The number of nitrogens with zero attached hydrogens (tertiary/aromatic N) is 3. The average Bonchev–Trinajstić information content (AvgIpc) is 3.09. The fourth-order valence-corrected chi connectivity index (χ4v) is 2.86. The van der Waals surface area contributed by atoms with Crippen molar-refractivity contribution in [3.8, 4) is 0 Å². The van der Waals surface area contributed by atoms with E-state index in [0.29, 0.717) is 41.5 Å². The largest absolute Gasteiger partial charge is 0.350 e. The van der Waals surface area contributed by atoms with E-state index in [4.69, 9.17) is 23.2 Å². The predicted molar refractivity (Wildman–Crippen MR) is 108 cm³/mol. The second-order valence-electron chi connectivity index (χ2n) is 5.81. The molecule has 0 bridgehead atoms. The Bertz CT molecular complexity index is 941. The minimum atomic E-state index is -0.157. The Morgan fingerprint density at radius 2 is 1.52 bits per heavy atom. The molecule has 27 heavy (non-hydrogen) atoms. The molecule has 3 rings (SSSR count). The van der Waals surface area contributed by atoms with E-state index in [1.54, 1.807) is 6.92 Å². The van der Waals surface area contributed by atoms with E-state index in [1.165, 1.54) is 4.68 Å². The number of carbonyl (C=O) groups is 1. The quantitative estimate of drug-likeness (QED) is 0.589. The van der Waals surface area contributed by atoms with Crippen molar-refractivity contribution < 1.29 is 4.79 Å². The SMILES string of the molecule is CCC(=O)n1nc(NCc2ccccc2Cl)nc1NCc1ccccc1Cl. The molecule has 8 heteroatoms. The highest BCUT2D eigenvalue weighted by Crippen LogP contribution is 2.19. The first-order chi connectivity index (χ1) is 13.1. The summed E-state index contributed by atoms with van der Waals surface area (Å²) in [6, 6.07) is 15.0. The minimum absolute atomic E-state index is 0.157. The molecule has 2 N–H and O–H groups in total. The summed E-state index contributed by atoms with van der Waals surface area (Å²) < 4.78 is 1.27. The lowest BCUT2D eigenvalue weighted by Crippen LogP contribution is -2.15. The minimum Gasteiger partial charge on any atom is -0.350 e. The van der Waals surface area contributed by atoms with E-state index in [-0.39, 0.29) is 5.91 Å². The third kappa shape index (κ3) is 4.78. The zero-order valence-electron chi connectivity index (χ0n) is 14.7. The van der Waals surface area contributed by atoms with Crippen molar-refractivity contribution in [2.45, 2.75) is 26.4 Å². The third-order valence-corrected chi connectivity index (χ3v) is 4.67. The normalized spacial score (nSPS) is 10.6. The van der Waals surface area contributed by atoms with Crippen LogP contribution in [0.3, 0.4) is 0 Å². The number of hydrogen-bond acceptors (Lipinski definition) is 5. The van der Waals surface area contributed by atoms with Gasteiger partial charge in [-0.15, -0.1) is 5.10 Å². The number of rotatable bonds is 7. The lowest BCUT2D eigenvalue weighted by Gasteiger charge is -2.07. The van der Waals surface area contributed by atoms with Crippen LogP contribution < -0.4 is 10.6 Å². The van der Waals surface area contributed by atoms with Crippen LogP contribution in [0, 0.1) is 0 Å². The van der Waals surface area contributed by atoms with E-state index in [9.17, 15) is 4.79 Å². The molecule has 0 aliphatic carbocycles. The van der Waals surface area contributed by atoms with Crippen LogP contribution in [0.25, 0.3) is 0 Å². The van der Waals surface area contributed by atoms with Gasteiger partial charge in [-0.2, -0.15) is 9.67 Å². The van der Waals surface area contributed by atoms with Gasteiger partial charge in [0.05, 0.1) is 0 Å². The van der Waals surface area contributed by atoms with Crippen LogP contribution in [-0.2, 0) is 13.1 Å². The van der Waals surface area contributed by atoms with Gasteiger partial charge in [0.25, 0.3) is 0 Å². The molecule has 140 valence electrons. The maximum Gasteiger partial charge on any atom is 0.249 e. The number of carbonyl (C=O) groups excluding carboxylic acids is 1. The average molecular weight is 404 g/mol. The summed E-state index contributed by atoms with van der Waals surface area (Å²) in [5, 5.41) is 11.8. The molecule has 0 fully saturated rings. The zero-order chi connectivity index (χ0) is 19.2. The lowest BCUT2D eigenvalue weighted by molar-refractivity contribution is 0.0895. The molecule has 0 saturated heterocycles. The van der Waals surface area contributed by atoms with Crippen LogP contribution >= 0.6 is 23.2 Å². The van der Waals surface area contributed by atoms with E-state index in [1.807, 2.05) is 48.5 Å². The van der Waals surface area contributed by atoms with Crippen LogP contribution in [0.5, 0.6) is 0 Å². The highest BCUT2D eigenvalue weighted by Gasteiger charge is 2.15. The molecule has 0 spiro atoms. The summed E-state index contributed by atoms with van der Waals surface area (Å²) in [7, 11) is 0. The second-order valence-corrected chi connectivity index (χ2v) is 6.62. The molecule has 0 radical (unpaired) electrons. The first kappa shape index (κ1) is 19.2. The van der Waals surface area contributed by atoms with Crippen molar-refractivity contribution in [3.05, 3.63) is 69.7 Å². The number of hydrogen-bond donors (Lipinski definition) is 2. The van der Waals surface area contributed by atoms with Gasteiger partial charge in [0.1, 0.15) is 0 Å². The summed E-state index contributed by atoms with van der Waals surface area (Å²) in [5.74, 6) is 0.553. The fourth-order valence-electron chi connectivity index (χ4n) is 2.46. The van der Waals surface area contributed by atoms with E-state index in [0.717, 1.165) is 11.1 Å². The highest BCUT2D eigenvalue weighted by molar-refractivity contribution is 6.31. The van der Waals surface area contributed by atoms with Crippen molar-refractivity contribution in [2.75, 3.05) is 10.6 Å². The Morgan fingerprint density at radius 1 is 0.963 bits per heavy atom. The van der Waals surface area contributed by atoms with Crippen molar-refractivity contribution in [1.82, 2.24) is 14.8 Å². The molecule has 2 aromatic carbocycles. The summed E-state index contributed by atoms with van der Waals surface area (Å²) in [6.45, 7) is 2.66. The molecule has 3 aromatic rings. The molecular weight excluding hydrogens is 385 g/mol. The second kappa shape index (κ2) is 8.88. The van der Waals surface area contributed by atoms with E-state index < -0.39 is 0 Å². The standard InChI is InChI=1S/C19H19Cl2N5O/c1-2-17(27)26-19(23-12-14-8-4-6-10-16(14)21)24-18(25-26)22-11-13-7-3-5-9-15(13)20/h3-10H,2,11-12H2,1H3,(H2,22,23,24,25). The Hall–Kier alpha value is -2.57. The number of anilines is 2. The van der Waals surface area contributed by atoms with Gasteiger partial charge in [-0.25, -0.2) is 0 Å². The van der Waals surface area contributed by atoms with Gasteiger partial charge in [0, 0.05) is 29.6 Å². The van der Waals surface area contributed by atoms with Crippen molar-refractivity contribution in [3.63, 3.8) is 0 Å². The number of aromatic nitrogens is 3. The van der Waals surface area contributed by atoms with E-state index in [2.05, 4.69) is 20.7 Å². The van der Waals surface area contributed by atoms with E-state index >= 15 is 0 Å². The topological polar surface area (TPSA) is 71.8 Å². The molecular formula is C19H19Cl2N5O. The van der Waals surface area contributed by atoms with Crippen LogP contribution in [0.2, 0.25) is 10.0 Å². The number of halogens is 2. The van der Waals surface area contributed by atoms with Gasteiger partial charge in [0.2, 0.25) is 17.8 Å². The lowest BCUT2D eigenvalue weighted by atomic mass is 10.2. The summed E-state index contributed by atoms with van der Waals surface area (Å²) in [5.41, 5.74) is 1.83. The Balaban J connectivity index is 1.75. The van der Waals surface area contributed by atoms with Crippen LogP contribution in [0.4, 0.5) is 11.9 Å². The molecule has 1 aromatic heterocycles. The molecule has 0 saturated carbocycles. The monoisotopic (exact) mass is 403 g/mol. The first-order valence-electron chi connectivity index (χ1n) is 8.53. The van der Waals surface area contributed by atoms with Crippen molar-refractivity contribution in [2.24, 2.45) is 0 Å². The maximum atomic E-state index is 12.2. The number of nitrogens with one attached hydrogen (secondary N) is 2. The van der Waals surface area contributed by atoms with Crippen molar-refractivity contribution >= 4 is 41.0 Å². The first-order valence-corrected chi connectivity index (χ1v) is 9.29. The summed E-state index contributed by atoms with van der Waals surface area (Å²) >= 11 is 12.4. The molecule has 1 heterocycles. The van der Waals surface area contributed by atoms with Crippen LogP contribution in [0.15, 0.2) is 48.5 Å². The molecule has 0 amide bonds. The van der Waals surface area contributed by atoms with Crippen LogP contribution in [-0.4, -0.2) is 20.7 Å². The van der Waals surface area contributed by atoms with Gasteiger partial charge in [0.15, 0.2) is 0 Å². The summed E-state index contributed by atoms with van der Waals surface area (Å²) in [4.78, 5) is 16.6. The van der Waals surface area contributed by atoms with Gasteiger partial charge in [-0.1, -0.05) is 66.5 Å². The Kier molecular flexibility index (Phi) is 6.32. The van der Waals surface area contributed by atoms with Gasteiger partial charge >= 0.3 is 0 Å². The smallest absolute Gasteiger partial charge is 0.249 e. The maximum absolute atomic E-state index is 12.2. The summed E-state index contributed by atoms with van der Waals surface area (Å²) in [6.07, 6.45) is 0.314. The van der Waals surface area contributed by atoms with Gasteiger partial charge in [-0.05, 0) is 23.3 Å². The van der Waals surface area contributed by atoms with Gasteiger partial charge in [-0.3, -0.25) is 4.79 Å². The molecule has 6 nitrogen and oxygen atoms in total. The Labute approximate surface area is 167 Å². The third-order valence-electron chi connectivity index (χ3n) is 3.94. The zero-order valence-corrected chi connectivity index (χ0v) is 16.3. The molecule has 0 atom stereocenters. The van der Waals surface area contributed by atoms with Gasteiger partial charge < -0.3 is 10.6 Å².